The highest BCUT2D eigenvalue weighted by Crippen LogP contribution is 2.28. The average Bonchev–Trinajstić information content (AvgIpc) is 2.41. The Morgan fingerprint density at radius 1 is 1.56 bits per heavy atom. The van der Waals surface area contributed by atoms with Gasteiger partial charge in [0.15, 0.2) is 0 Å². The number of likely N-dealkylation sites (tertiary alicyclic amines) is 1. The Hall–Kier alpha value is -0.580. The Labute approximate surface area is 120 Å². The molecule has 1 aliphatic rings. The van der Waals surface area contributed by atoms with Crippen molar-refractivity contribution >= 4 is 33.4 Å². The lowest BCUT2D eigenvalue weighted by atomic mass is 9.98. The number of hydrogen-bond donors (Lipinski definition) is 1. The van der Waals surface area contributed by atoms with Crippen LogP contribution in [-0.4, -0.2) is 35.6 Å². The molecule has 0 spiro atoms. The van der Waals surface area contributed by atoms with Gasteiger partial charge in [0.2, 0.25) is 0 Å². The largest absolute Gasteiger partial charge is 0.396 e. The molecule has 0 radical (unpaired) electrons. The van der Waals surface area contributed by atoms with Crippen molar-refractivity contribution < 1.29 is 9.90 Å². The van der Waals surface area contributed by atoms with Crippen LogP contribution in [0.25, 0.3) is 0 Å². The standard InChI is InChI=1S/C13H15BrClNO2/c14-11-5-1-4-10(12(11)15)13(18)16-6-2-3-9(7-16)8-17/h1,4-5,9,17H,2-3,6-8H2. The summed E-state index contributed by atoms with van der Waals surface area (Å²) >= 11 is 9.46. The fourth-order valence-corrected chi connectivity index (χ4v) is 2.81. The molecule has 1 atom stereocenters. The van der Waals surface area contributed by atoms with Gasteiger partial charge in [-0.25, -0.2) is 0 Å². The SMILES string of the molecule is O=C(c1cccc(Br)c1Cl)N1CCCC(CO)C1. The number of nitrogens with zero attached hydrogens (tertiary/aromatic N) is 1. The van der Waals surface area contributed by atoms with Gasteiger partial charge in [0.1, 0.15) is 0 Å². The van der Waals surface area contributed by atoms with E-state index in [9.17, 15) is 9.90 Å². The van der Waals surface area contributed by atoms with Gasteiger partial charge < -0.3 is 10.0 Å². The van der Waals surface area contributed by atoms with Gasteiger partial charge in [0, 0.05) is 24.2 Å². The molecule has 1 aromatic carbocycles. The van der Waals surface area contributed by atoms with E-state index in [4.69, 9.17) is 11.6 Å². The molecule has 0 saturated carbocycles. The molecule has 1 unspecified atom stereocenters. The van der Waals surface area contributed by atoms with Crippen molar-refractivity contribution in [2.24, 2.45) is 5.92 Å². The van der Waals surface area contributed by atoms with Crippen LogP contribution in [0.15, 0.2) is 22.7 Å². The zero-order chi connectivity index (χ0) is 13.1. The highest BCUT2D eigenvalue weighted by atomic mass is 79.9. The highest BCUT2D eigenvalue weighted by Gasteiger charge is 2.25. The Kier molecular flexibility index (Phi) is 4.65. The van der Waals surface area contributed by atoms with E-state index in [0.717, 1.165) is 23.9 Å². The molecule has 1 fully saturated rings. The lowest BCUT2D eigenvalue weighted by molar-refractivity contribution is 0.0621. The molecule has 0 aliphatic carbocycles. The van der Waals surface area contributed by atoms with E-state index in [-0.39, 0.29) is 18.4 Å². The summed E-state index contributed by atoms with van der Waals surface area (Å²) in [5, 5.41) is 9.64. The lowest BCUT2D eigenvalue weighted by Crippen LogP contribution is -2.41. The van der Waals surface area contributed by atoms with E-state index in [0.29, 0.717) is 17.1 Å². The van der Waals surface area contributed by atoms with Gasteiger partial charge in [-0.1, -0.05) is 17.7 Å². The van der Waals surface area contributed by atoms with Crippen LogP contribution in [0.4, 0.5) is 0 Å². The summed E-state index contributed by atoms with van der Waals surface area (Å²) in [4.78, 5) is 14.1. The number of hydrogen-bond acceptors (Lipinski definition) is 2. The molecule has 0 aromatic heterocycles. The number of rotatable bonds is 2. The maximum absolute atomic E-state index is 12.4. The van der Waals surface area contributed by atoms with Crippen LogP contribution in [0.2, 0.25) is 5.02 Å². The zero-order valence-corrected chi connectivity index (χ0v) is 12.2. The van der Waals surface area contributed by atoms with Crippen molar-refractivity contribution in [1.82, 2.24) is 4.90 Å². The van der Waals surface area contributed by atoms with E-state index in [1.807, 2.05) is 6.07 Å². The fourth-order valence-electron chi connectivity index (χ4n) is 2.24. The van der Waals surface area contributed by atoms with Gasteiger partial charge in [-0.15, -0.1) is 0 Å². The second kappa shape index (κ2) is 6.04. The number of amides is 1. The lowest BCUT2D eigenvalue weighted by Gasteiger charge is -2.32. The molecule has 5 heteroatoms. The number of aliphatic hydroxyl groups excluding tert-OH is 1. The van der Waals surface area contributed by atoms with Crippen LogP contribution in [0.1, 0.15) is 23.2 Å². The van der Waals surface area contributed by atoms with Crippen LogP contribution in [0, 0.1) is 5.92 Å². The van der Waals surface area contributed by atoms with Gasteiger partial charge in [-0.3, -0.25) is 4.79 Å². The van der Waals surface area contributed by atoms with E-state index >= 15 is 0 Å². The third-order valence-electron chi connectivity index (χ3n) is 3.25. The normalized spacial score (nSPS) is 19.9. The van der Waals surface area contributed by atoms with Gasteiger partial charge in [-0.2, -0.15) is 0 Å². The highest BCUT2D eigenvalue weighted by molar-refractivity contribution is 9.10. The number of halogens is 2. The molecule has 1 saturated heterocycles. The summed E-state index contributed by atoms with van der Waals surface area (Å²) in [7, 11) is 0. The summed E-state index contributed by atoms with van der Waals surface area (Å²) in [5.41, 5.74) is 0.518. The first kappa shape index (κ1) is 13.8. The predicted molar refractivity (Wildman–Crippen MR) is 74.9 cm³/mol. The van der Waals surface area contributed by atoms with E-state index < -0.39 is 0 Å². The number of benzene rings is 1. The molecular weight excluding hydrogens is 318 g/mol. The third kappa shape index (κ3) is 2.87. The summed E-state index contributed by atoms with van der Waals surface area (Å²) in [6.07, 6.45) is 1.91. The number of carbonyl (C=O) groups excluding carboxylic acids is 1. The first-order chi connectivity index (χ1) is 8.63. The van der Waals surface area contributed by atoms with Gasteiger partial charge >= 0.3 is 0 Å². The minimum atomic E-state index is -0.0561. The molecule has 1 aromatic rings. The minimum absolute atomic E-state index is 0.0561. The van der Waals surface area contributed by atoms with Crippen molar-refractivity contribution in [3.05, 3.63) is 33.3 Å². The smallest absolute Gasteiger partial charge is 0.255 e. The molecule has 1 heterocycles. The van der Waals surface area contributed by atoms with Crippen LogP contribution >= 0.6 is 27.5 Å². The Bertz CT molecular complexity index is 453. The monoisotopic (exact) mass is 331 g/mol. The third-order valence-corrected chi connectivity index (χ3v) is 4.54. The molecular formula is C13H15BrClNO2. The average molecular weight is 333 g/mol. The molecule has 1 N–H and O–H groups in total. The predicted octanol–water partition coefficient (Wildman–Crippen LogP) is 2.95. The van der Waals surface area contributed by atoms with Crippen molar-refractivity contribution in [1.29, 1.82) is 0 Å². The molecule has 3 nitrogen and oxygen atoms in total. The van der Waals surface area contributed by atoms with Crippen LogP contribution in [-0.2, 0) is 0 Å². The second-order valence-corrected chi connectivity index (χ2v) is 5.78. The Balaban J connectivity index is 2.18. The maximum atomic E-state index is 12.4. The zero-order valence-electron chi connectivity index (χ0n) is 9.90. The van der Waals surface area contributed by atoms with Gasteiger partial charge in [0.05, 0.1) is 10.6 Å². The second-order valence-electron chi connectivity index (χ2n) is 4.54. The number of carbonyl (C=O) groups is 1. The summed E-state index contributed by atoms with van der Waals surface area (Å²) in [6, 6.07) is 5.35. The molecule has 1 amide bonds. The number of aliphatic hydroxyl groups is 1. The fraction of sp³-hybridized carbons (Fsp3) is 0.462. The summed E-state index contributed by atoms with van der Waals surface area (Å²) in [5.74, 6) is 0.132. The minimum Gasteiger partial charge on any atom is -0.396 e. The van der Waals surface area contributed by atoms with E-state index in [1.54, 1.807) is 17.0 Å². The maximum Gasteiger partial charge on any atom is 0.255 e. The van der Waals surface area contributed by atoms with Gasteiger partial charge in [0.25, 0.3) is 5.91 Å². The topological polar surface area (TPSA) is 40.5 Å². The quantitative estimate of drug-likeness (QED) is 0.904. The van der Waals surface area contributed by atoms with Crippen molar-refractivity contribution in [3.63, 3.8) is 0 Å². The Morgan fingerprint density at radius 2 is 2.33 bits per heavy atom. The molecule has 18 heavy (non-hydrogen) atoms. The first-order valence-electron chi connectivity index (χ1n) is 5.97. The molecule has 2 rings (SSSR count). The van der Waals surface area contributed by atoms with Crippen LogP contribution in [0.3, 0.4) is 0 Å². The van der Waals surface area contributed by atoms with E-state index in [2.05, 4.69) is 15.9 Å². The van der Waals surface area contributed by atoms with Crippen molar-refractivity contribution in [2.75, 3.05) is 19.7 Å². The number of piperidine rings is 1. The first-order valence-corrected chi connectivity index (χ1v) is 7.14. The van der Waals surface area contributed by atoms with Crippen LogP contribution in [0.5, 0.6) is 0 Å². The molecule has 0 bridgehead atoms. The van der Waals surface area contributed by atoms with E-state index in [1.165, 1.54) is 0 Å². The summed E-state index contributed by atoms with van der Waals surface area (Å²) < 4.78 is 0.728. The van der Waals surface area contributed by atoms with Crippen LogP contribution < -0.4 is 0 Å². The van der Waals surface area contributed by atoms with Gasteiger partial charge in [-0.05, 0) is 46.8 Å². The summed E-state index contributed by atoms with van der Waals surface area (Å²) in [6.45, 7) is 1.48. The Morgan fingerprint density at radius 3 is 3.06 bits per heavy atom. The van der Waals surface area contributed by atoms with Crippen molar-refractivity contribution in [3.8, 4) is 0 Å². The molecule has 1 aliphatic heterocycles. The molecule has 98 valence electrons. The van der Waals surface area contributed by atoms with Crippen molar-refractivity contribution in [2.45, 2.75) is 12.8 Å².